The largest absolute Gasteiger partial charge is 0.358 e. The molecule has 0 saturated carbocycles. The summed E-state index contributed by atoms with van der Waals surface area (Å²) in [5.74, 6) is 0.594. The van der Waals surface area contributed by atoms with Crippen molar-refractivity contribution in [2.24, 2.45) is 10.9 Å². The molecule has 2 aromatic heterocycles. The van der Waals surface area contributed by atoms with Gasteiger partial charge in [-0.2, -0.15) is 4.98 Å². The van der Waals surface area contributed by atoms with Crippen molar-refractivity contribution in [1.29, 1.82) is 0 Å². The van der Waals surface area contributed by atoms with E-state index in [2.05, 4.69) is 19.9 Å². The number of rotatable bonds is 3. The molecule has 1 fully saturated rings. The summed E-state index contributed by atoms with van der Waals surface area (Å²) in [6.07, 6.45) is 6.36. The molecule has 1 saturated heterocycles. The third-order valence-electron chi connectivity index (χ3n) is 3.38. The van der Waals surface area contributed by atoms with Crippen LogP contribution < -0.4 is 5.56 Å². The highest BCUT2D eigenvalue weighted by Crippen LogP contribution is 2.25. The van der Waals surface area contributed by atoms with Gasteiger partial charge in [0.15, 0.2) is 11.2 Å². The van der Waals surface area contributed by atoms with Crippen molar-refractivity contribution in [2.45, 2.75) is 39.3 Å². The number of imidazole rings is 1. The third kappa shape index (κ3) is 2.87. The van der Waals surface area contributed by atoms with E-state index < -0.39 is 0 Å². The average molecular weight is 289 g/mol. The Hall–Kier alpha value is -2.02. The zero-order valence-corrected chi connectivity index (χ0v) is 12.2. The minimum Gasteiger partial charge on any atom is -0.358 e. The summed E-state index contributed by atoms with van der Waals surface area (Å²) in [5.41, 5.74) is 0.583. The van der Waals surface area contributed by atoms with Crippen LogP contribution in [0.15, 0.2) is 16.1 Å². The maximum atomic E-state index is 12.1. The molecule has 7 nitrogen and oxygen atoms in total. The monoisotopic (exact) mass is 289 g/mol. The van der Waals surface area contributed by atoms with Crippen LogP contribution in [0.2, 0.25) is 0 Å². The Balaban J connectivity index is 2.04. The Kier molecular flexibility index (Phi) is 3.83. The third-order valence-corrected chi connectivity index (χ3v) is 3.38. The molecular weight excluding hydrogens is 270 g/mol. The van der Waals surface area contributed by atoms with Gasteiger partial charge in [0.05, 0.1) is 6.33 Å². The molecule has 0 spiro atoms. The summed E-state index contributed by atoms with van der Waals surface area (Å²) < 4.78 is 7.57. The summed E-state index contributed by atoms with van der Waals surface area (Å²) in [4.78, 5) is 27.5. The van der Waals surface area contributed by atoms with Crippen LogP contribution in [0.5, 0.6) is 0 Å². The van der Waals surface area contributed by atoms with Crippen molar-refractivity contribution in [2.75, 3.05) is 6.61 Å². The Labute approximate surface area is 122 Å². The second kappa shape index (κ2) is 5.77. The Morgan fingerprint density at radius 2 is 2.38 bits per heavy atom. The minimum absolute atomic E-state index is 0.0972. The summed E-state index contributed by atoms with van der Waals surface area (Å²) >= 11 is 0. The lowest BCUT2D eigenvalue weighted by Crippen LogP contribution is -2.18. The molecule has 2 aromatic rings. The van der Waals surface area contributed by atoms with Crippen LogP contribution in [0.25, 0.3) is 11.2 Å². The molecule has 3 rings (SSSR count). The van der Waals surface area contributed by atoms with Gasteiger partial charge in [-0.1, -0.05) is 13.8 Å². The van der Waals surface area contributed by atoms with Crippen LogP contribution in [0, 0.1) is 5.92 Å². The van der Waals surface area contributed by atoms with E-state index in [1.807, 2.05) is 18.4 Å². The highest BCUT2D eigenvalue weighted by atomic mass is 16.5. The molecule has 0 bridgehead atoms. The lowest BCUT2D eigenvalue weighted by Gasteiger charge is -2.23. The van der Waals surface area contributed by atoms with Crippen LogP contribution >= 0.6 is 0 Å². The van der Waals surface area contributed by atoms with Crippen LogP contribution in [-0.4, -0.2) is 32.3 Å². The molecular formula is C14H19N5O2. The number of nitrogens with zero attached hydrogens (tertiary/aromatic N) is 4. The van der Waals surface area contributed by atoms with Gasteiger partial charge in [-0.25, -0.2) is 9.98 Å². The minimum atomic E-state index is -0.273. The summed E-state index contributed by atoms with van der Waals surface area (Å²) in [7, 11) is 0. The number of fused-ring (bicyclic) bond motifs is 1. The number of aromatic amines is 1. The summed E-state index contributed by atoms with van der Waals surface area (Å²) in [6, 6.07) is 0. The molecule has 1 N–H and O–H groups in total. The second-order valence-corrected chi connectivity index (χ2v) is 5.56. The fourth-order valence-electron chi connectivity index (χ4n) is 2.35. The van der Waals surface area contributed by atoms with Gasteiger partial charge < -0.3 is 4.74 Å². The van der Waals surface area contributed by atoms with Crippen molar-refractivity contribution in [3.05, 3.63) is 16.7 Å². The molecule has 1 atom stereocenters. The van der Waals surface area contributed by atoms with Crippen molar-refractivity contribution < 1.29 is 4.74 Å². The SMILES string of the molecule is CC(C)/C=N/c1nc2c(ncn2C2CCCCO2)c(=O)[nH]1. The van der Waals surface area contributed by atoms with Crippen molar-refractivity contribution in [3.8, 4) is 0 Å². The van der Waals surface area contributed by atoms with E-state index in [1.54, 1.807) is 12.5 Å². The van der Waals surface area contributed by atoms with E-state index in [1.165, 1.54) is 0 Å². The maximum absolute atomic E-state index is 12.1. The number of aromatic nitrogens is 4. The number of H-pyrrole nitrogens is 1. The summed E-state index contributed by atoms with van der Waals surface area (Å²) in [6.45, 7) is 4.76. The lowest BCUT2D eigenvalue weighted by atomic mass is 10.2. The molecule has 3 heterocycles. The van der Waals surface area contributed by atoms with E-state index in [0.29, 0.717) is 17.1 Å². The topological polar surface area (TPSA) is 85.2 Å². The molecule has 112 valence electrons. The predicted molar refractivity (Wildman–Crippen MR) is 80.0 cm³/mol. The molecule has 1 aliphatic heterocycles. The molecule has 0 radical (unpaired) electrons. The van der Waals surface area contributed by atoms with Crippen LogP contribution in [-0.2, 0) is 4.74 Å². The highest BCUT2D eigenvalue weighted by Gasteiger charge is 2.20. The fraction of sp³-hybridized carbons (Fsp3) is 0.571. The smallest absolute Gasteiger partial charge is 0.280 e. The van der Waals surface area contributed by atoms with E-state index >= 15 is 0 Å². The average Bonchev–Trinajstić information content (AvgIpc) is 2.90. The van der Waals surface area contributed by atoms with Gasteiger partial charge in [-0.3, -0.25) is 14.3 Å². The molecule has 21 heavy (non-hydrogen) atoms. The van der Waals surface area contributed by atoms with Crippen LogP contribution in [0.4, 0.5) is 5.95 Å². The van der Waals surface area contributed by atoms with Gasteiger partial charge in [0, 0.05) is 12.8 Å². The van der Waals surface area contributed by atoms with Crippen LogP contribution in [0.3, 0.4) is 0 Å². The number of hydrogen-bond donors (Lipinski definition) is 1. The number of nitrogens with one attached hydrogen (secondary N) is 1. The zero-order valence-electron chi connectivity index (χ0n) is 12.2. The molecule has 0 amide bonds. The first-order valence-corrected chi connectivity index (χ1v) is 7.28. The van der Waals surface area contributed by atoms with Gasteiger partial charge in [0.25, 0.3) is 5.56 Å². The van der Waals surface area contributed by atoms with Crippen molar-refractivity contribution >= 4 is 23.3 Å². The van der Waals surface area contributed by atoms with Crippen molar-refractivity contribution in [1.82, 2.24) is 19.5 Å². The second-order valence-electron chi connectivity index (χ2n) is 5.56. The maximum Gasteiger partial charge on any atom is 0.280 e. The predicted octanol–water partition coefficient (Wildman–Crippen LogP) is 2.18. The van der Waals surface area contributed by atoms with E-state index in [9.17, 15) is 4.79 Å². The molecule has 0 aromatic carbocycles. The van der Waals surface area contributed by atoms with Crippen molar-refractivity contribution in [3.63, 3.8) is 0 Å². The first-order chi connectivity index (χ1) is 10.1. The van der Waals surface area contributed by atoms with Crippen LogP contribution in [0.1, 0.15) is 39.3 Å². The molecule has 1 aliphatic rings. The molecule has 7 heteroatoms. The molecule has 1 unspecified atom stereocenters. The molecule has 0 aliphatic carbocycles. The zero-order chi connectivity index (χ0) is 14.8. The van der Waals surface area contributed by atoms with Gasteiger partial charge in [0.2, 0.25) is 5.95 Å². The number of aliphatic imine (C=N–C) groups is 1. The van der Waals surface area contributed by atoms with E-state index in [0.717, 1.165) is 25.9 Å². The van der Waals surface area contributed by atoms with Gasteiger partial charge in [-0.05, 0) is 25.2 Å². The number of ether oxygens (including phenoxy) is 1. The Morgan fingerprint density at radius 1 is 1.52 bits per heavy atom. The van der Waals surface area contributed by atoms with E-state index in [-0.39, 0.29) is 17.7 Å². The lowest BCUT2D eigenvalue weighted by molar-refractivity contribution is -0.0298. The van der Waals surface area contributed by atoms with E-state index in [4.69, 9.17) is 4.74 Å². The number of hydrogen-bond acceptors (Lipinski definition) is 5. The standard InChI is InChI=1S/C14H19N5O2/c1-9(2)7-15-14-17-12-11(13(20)18-14)16-8-19(12)10-5-3-4-6-21-10/h7-10H,3-6H2,1-2H3,(H,17,18,20)/b15-7+. The first kappa shape index (κ1) is 13.9. The van der Waals surface area contributed by atoms with Gasteiger partial charge in [0.1, 0.15) is 6.23 Å². The summed E-state index contributed by atoms with van der Waals surface area (Å²) in [5, 5.41) is 0. The van der Waals surface area contributed by atoms with Gasteiger partial charge in [-0.15, -0.1) is 0 Å². The first-order valence-electron chi connectivity index (χ1n) is 7.28. The quantitative estimate of drug-likeness (QED) is 0.877. The van der Waals surface area contributed by atoms with Gasteiger partial charge >= 0.3 is 0 Å². The Bertz CT molecular complexity index is 710. The highest BCUT2D eigenvalue weighted by molar-refractivity contribution is 5.71. The Morgan fingerprint density at radius 3 is 3.10 bits per heavy atom. The normalized spacial score (nSPS) is 19.9. The fourth-order valence-corrected chi connectivity index (χ4v) is 2.35.